The van der Waals surface area contributed by atoms with Crippen molar-refractivity contribution in [2.45, 2.75) is 63.3 Å². The Morgan fingerprint density at radius 3 is 2.39 bits per heavy atom. The van der Waals surface area contributed by atoms with E-state index in [1.54, 1.807) is 12.1 Å². The van der Waals surface area contributed by atoms with Crippen molar-refractivity contribution >= 4 is 21.7 Å². The Morgan fingerprint density at radius 2 is 1.75 bits per heavy atom. The van der Waals surface area contributed by atoms with Gasteiger partial charge in [-0.05, 0) is 50.7 Å². The van der Waals surface area contributed by atoms with E-state index in [2.05, 4.69) is 12.2 Å². The minimum absolute atomic E-state index is 0.0642. The molecule has 2 atom stereocenters. The van der Waals surface area contributed by atoms with Gasteiger partial charge in [-0.1, -0.05) is 31.9 Å². The summed E-state index contributed by atoms with van der Waals surface area (Å²) >= 11 is 0. The molecule has 2 fully saturated rings. The van der Waals surface area contributed by atoms with Gasteiger partial charge in [0.15, 0.2) is 5.78 Å². The Labute approximate surface area is 167 Å². The number of carbonyl (C=O) groups is 2. The molecule has 0 unspecified atom stereocenters. The number of rotatable bonds is 5. The predicted octanol–water partition coefficient (Wildman–Crippen LogP) is 2.98. The minimum Gasteiger partial charge on any atom is -0.353 e. The molecule has 6 nitrogen and oxygen atoms in total. The number of ketones is 1. The van der Waals surface area contributed by atoms with Gasteiger partial charge in [-0.3, -0.25) is 9.59 Å². The van der Waals surface area contributed by atoms with E-state index in [4.69, 9.17) is 0 Å². The van der Waals surface area contributed by atoms with E-state index in [0.29, 0.717) is 37.4 Å². The zero-order chi connectivity index (χ0) is 20.3. The number of benzene rings is 1. The number of nitrogens with one attached hydrogen (secondary N) is 1. The van der Waals surface area contributed by atoms with E-state index in [1.807, 2.05) is 0 Å². The molecule has 1 saturated heterocycles. The Hall–Kier alpha value is -1.73. The number of amides is 1. The Morgan fingerprint density at radius 1 is 1.07 bits per heavy atom. The highest BCUT2D eigenvalue weighted by molar-refractivity contribution is 7.89. The maximum Gasteiger partial charge on any atom is 0.243 e. The largest absolute Gasteiger partial charge is 0.353 e. The monoisotopic (exact) mass is 406 g/mol. The molecule has 1 saturated carbocycles. The normalized spacial score (nSPS) is 24.6. The smallest absolute Gasteiger partial charge is 0.243 e. The average molecular weight is 407 g/mol. The Bertz CT molecular complexity index is 829. The third-order valence-corrected chi connectivity index (χ3v) is 8.04. The fourth-order valence-electron chi connectivity index (χ4n) is 4.21. The van der Waals surface area contributed by atoms with Crippen molar-refractivity contribution in [1.82, 2.24) is 9.62 Å². The highest BCUT2D eigenvalue weighted by atomic mass is 32.2. The lowest BCUT2D eigenvalue weighted by molar-refractivity contribution is -0.127. The first-order valence-electron chi connectivity index (χ1n) is 10.2. The highest BCUT2D eigenvalue weighted by Crippen LogP contribution is 2.27. The maximum absolute atomic E-state index is 12.9. The molecule has 0 aromatic heterocycles. The van der Waals surface area contributed by atoms with Crippen LogP contribution in [0.1, 0.15) is 62.7 Å². The van der Waals surface area contributed by atoms with Crippen molar-refractivity contribution < 1.29 is 18.0 Å². The van der Waals surface area contributed by atoms with Gasteiger partial charge in [-0.2, -0.15) is 4.31 Å². The molecule has 1 aliphatic carbocycles. The van der Waals surface area contributed by atoms with Gasteiger partial charge in [0.25, 0.3) is 0 Å². The van der Waals surface area contributed by atoms with E-state index >= 15 is 0 Å². The molecule has 1 aliphatic heterocycles. The van der Waals surface area contributed by atoms with Crippen LogP contribution in [0.3, 0.4) is 0 Å². The number of nitrogens with zero attached hydrogens (tertiary/aromatic N) is 1. The van der Waals surface area contributed by atoms with Crippen LogP contribution in [0.15, 0.2) is 29.2 Å². The molecule has 2 aliphatic rings. The number of Topliss-reactive ketones (excluding diaryl/α,β-unsaturated/α-hetero) is 1. The third kappa shape index (κ3) is 4.63. The predicted molar refractivity (Wildman–Crippen MR) is 107 cm³/mol. The number of hydrogen-bond acceptors (Lipinski definition) is 4. The van der Waals surface area contributed by atoms with Crippen molar-refractivity contribution in [2.24, 2.45) is 11.8 Å². The topological polar surface area (TPSA) is 83.6 Å². The molecule has 28 heavy (non-hydrogen) atoms. The molecule has 0 radical (unpaired) electrons. The highest BCUT2D eigenvalue weighted by Gasteiger charge is 2.33. The van der Waals surface area contributed by atoms with Gasteiger partial charge in [0.2, 0.25) is 15.9 Å². The SMILES string of the molecule is CC(=O)c1cccc(S(=O)(=O)N2CCC(C(=O)N[C@@H]3CCCC[C@H]3C)CC2)c1. The maximum atomic E-state index is 12.9. The standard InChI is InChI=1S/C21H30N2O4S/c1-15-6-3-4-9-20(15)22-21(25)17-10-12-23(13-11-17)28(26,27)19-8-5-7-18(14-19)16(2)24/h5,7-8,14-15,17,20H,3-4,6,9-13H2,1-2H3,(H,22,25)/t15-,20-/m1/s1. The summed E-state index contributed by atoms with van der Waals surface area (Å²) in [5.74, 6) is 0.273. The average Bonchev–Trinajstić information content (AvgIpc) is 2.70. The van der Waals surface area contributed by atoms with Gasteiger partial charge in [-0.25, -0.2) is 8.42 Å². The van der Waals surface area contributed by atoms with Crippen molar-refractivity contribution in [3.8, 4) is 0 Å². The summed E-state index contributed by atoms with van der Waals surface area (Å²) in [6.07, 6.45) is 5.63. The Balaban J connectivity index is 1.60. The van der Waals surface area contributed by atoms with E-state index in [9.17, 15) is 18.0 Å². The quantitative estimate of drug-likeness (QED) is 0.762. The van der Waals surface area contributed by atoms with E-state index in [1.165, 1.54) is 29.8 Å². The molecule has 1 amide bonds. The first-order valence-corrected chi connectivity index (χ1v) is 11.6. The molecular formula is C21H30N2O4S. The van der Waals surface area contributed by atoms with Crippen molar-refractivity contribution in [3.05, 3.63) is 29.8 Å². The molecule has 0 spiro atoms. The van der Waals surface area contributed by atoms with E-state index in [0.717, 1.165) is 19.3 Å². The summed E-state index contributed by atoms with van der Waals surface area (Å²) in [7, 11) is -3.65. The summed E-state index contributed by atoms with van der Waals surface area (Å²) in [5.41, 5.74) is 0.386. The summed E-state index contributed by atoms with van der Waals surface area (Å²) < 4.78 is 27.3. The van der Waals surface area contributed by atoms with Crippen LogP contribution in [0, 0.1) is 11.8 Å². The first kappa shape index (κ1) is 21.0. The van der Waals surface area contributed by atoms with Crippen molar-refractivity contribution in [3.63, 3.8) is 0 Å². The second-order valence-corrected chi connectivity index (χ2v) is 10.1. The number of sulfonamides is 1. The molecule has 7 heteroatoms. The van der Waals surface area contributed by atoms with Crippen LogP contribution in [0.5, 0.6) is 0 Å². The molecule has 0 bridgehead atoms. The third-order valence-electron chi connectivity index (χ3n) is 6.14. The zero-order valence-corrected chi connectivity index (χ0v) is 17.5. The van der Waals surface area contributed by atoms with Crippen LogP contribution >= 0.6 is 0 Å². The first-order chi connectivity index (χ1) is 13.3. The molecule has 1 aromatic carbocycles. The fourth-order valence-corrected chi connectivity index (χ4v) is 5.73. The molecule has 3 rings (SSSR count). The molecule has 1 aromatic rings. The van der Waals surface area contributed by atoms with Crippen LogP contribution in [0.25, 0.3) is 0 Å². The van der Waals surface area contributed by atoms with Gasteiger partial charge in [0.05, 0.1) is 4.90 Å². The second-order valence-electron chi connectivity index (χ2n) is 8.14. The molecular weight excluding hydrogens is 376 g/mol. The molecule has 154 valence electrons. The van der Waals surface area contributed by atoms with Gasteiger partial charge in [0.1, 0.15) is 0 Å². The van der Waals surface area contributed by atoms with Gasteiger partial charge >= 0.3 is 0 Å². The van der Waals surface area contributed by atoms with Crippen molar-refractivity contribution in [2.75, 3.05) is 13.1 Å². The van der Waals surface area contributed by atoms with Crippen LogP contribution < -0.4 is 5.32 Å². The van der Waals surface area contributed by atoms with Crippen LogP contribution in [-0.2, 0) is 14.8 Å². The van der Waals surface area contributed by atoms with Gasteiger partial charge < -0.3 is 5.32 Å². The summed E-state index contributed by atoms with van der Waals surface area (Å²) in [6, 6.07) is 6.41. The van der Waals surface area contributed by atoms with E-state index < -0.39 is 10.0 Å². The lowest BCUT2D eigenvalue weighted by Crippen LogP contribution is -2.47. The van der Waals surface area contributed by atoms with Crippen LogP contribution in [-0.4, -0.2) is 43.5 Å². The van der Waals surface area contributed by atoms with Gasteiger partial charge in [-0.15, -0.1) is 0 Å². The molecule has 1 heterocycles. The van der Waals surface area contributed by atoms with Crippen molar-refractivity contribution in [1.29, 1.82) is 0 Å². The lowest BCUT2D eigenvalue weighted by Gasteiger charge is -2.34. The minimum atomic E-state index is -3.65. The lowest BCUT2D eigenvalue weighted by atomic mass is 9.85. The zero-order valence-electron chi connectivity index (χ0n) is 16.7. The number of piperidine rings is 1. The van der Waals surface area contributed by atoms with Gasteiger partial charge in [0, 0.05) is 30.6 Å². The Kier molecular flexibility index (Phi) is 6.55. The van der Waals surface area contributed by atoms with Crippen LogP contribution in [0.4, 0.5) is 0 Å². The fraction of sp³-hybridized carbons (Fsp3) is 0.619. The van der Waals surface area contributed by atoms with E-state index in [-0.39, 0.29) is 28.5 Å². The second kappa shape index (κ2) is 8.74. The summed E-state index contributed by atoms with van der Waals surface area (Å²) in [5, 5.41) is 3.20. The molecule has 1 N–H and O–H groups in total. The summed E-state index contributed by atoms with van der Waals surface area (Å²) in [6.45, 7) is 4.26. The number of carbonyl (C=O) groups excluding carboxylic acids is 2. The van der Waals surface area contributed by atoms with Crippen LogP contribution in [0.2, 0.25) is 0 Å². The number of hydrogen-bond donors (Lipinski definition) is 1. The summed E-state index contributed by atoms with van der Waals surface area (Å²) in [4.78, 5) is 24.3.